The Hall–Kier alpha value is -2.90. The third-order valence-corrected chi connectivity index (χ3v) is 4.15. The van der Waals surface area contributed by atoms with Crippen LogP contribution in [-0.4, -0.2) is 47.5 Å². The Bertz CT molecular complexity index is 690. The van der Waals surface area contributed by atoms with E-state index in [0.717, 1.165) is 5.56 Å². The number of imide groups is 1. The monoisotopic (exact) mass is 346 g/mol. The van der Waals surface area contributed by atoms with Gasteiger partial charge in [0.05, 0.1) is 6.42 Å². The Balaban J connectivity index is 1.56. The number of carbonyl (C=O) groups is 4. The van der Waals surface area contributed by atoms with Gasteiger partial charge in [-0.15, -0.1) is 0 Å². The number of carbonyl (C=O) groups excluding carboxylic acids is 4. The van der Waals surface area contributed by atoms with Crippen molar-refractivity contribution in [3.05, 3.63) is 35.9 Å². The number of rotatable bonds is 4. The molecule has 0 aromatic heterocycles. The fraction of sp³-hybridized carbons (Fsp3) is 0.412. The first-order chi connectivity index (χ1) is 12.0. The average molecular weight is 346 g/mol. The second-order valence-electron chi connectivity index (χ2n) is 5.93. The molecular formula is C17H18N2O6. The van der Waals surface area contributed by atoms with E-state index in [-0.39, 0.29) is 13.0 Å². The Morgan fingerprint density at radius 3 is 2.64 bits per heavy atom. The predicted octanol–water partition coefficient (Wildman–Crippen LogP) is 0.746. The van der Waals surface area contributed by atoms with Crippen LogP contribution >= 0.6 is 0 Å². The quantitative estimate of drug-likeness (QED) is 0.637. The van der Waals surface area contributed by atoms with E-state index in [1.54, 1.807) is 0 Å². The second-order valence-corrected chi connectivity index (χ2v) is 5.93. The lowest BCUT2D eigenvalue weighted by atomic mass is 10.2. The van der Waals surface area contributed by atoms with Gasteiger partial charge >= 0.3 is 12.1 Å². The average Bonchev–Trinajstić information content (AvgIpc) is 3.20. The molecule has 1 aromatic carbocycles. The van der Waals surface area contributed by atoms with Crippen LogP contribution in [0.4, 0.5) is 4.79 Å². The van der Waals surface area contributed by atoms with Crippen LogP contribution in [0.15, 0.2) is 30.3 Å². The summed E-state index contributed by atoms with van der Waals surface area (Å²) in [5, 5.41) is 2.07. The maximum atomic E-state index is 12.3. The van der Waals surface area contributed by atoms with Gasteiger partial charge in [-0.05, 0) is 18.4 Å². The minimum atomic E-state index is -1.12. The van der Waals surface area contributed by atoms with Crippen molar-refractivity contribution < 1.29 is 28.7 Å². The number of esters is 1. The van der Waals surface area contributed by atoms with E-state index in [1.807, 2.05) is 30.3 Å². The van der Waals surface area contributed by atoms with Crippen molar-refractivity contribution in [2.45, 2.75) is 38.0 Å². The molecule has 132 valence electrons. The molecule has 2 fully saturated rings. The van der Waals surface area contributed by atoms with Gasteiger partial charge in [0, 0.05) is 6.54 Å². The third kappa shape index (κ3) is 3.96. The minimum absolute atomic E-state index is 0.109. The molecular weight excluding hydrogens is 328 g/mol. The van der Waals surface area contributed by atoms with Crippen LogP contribution in [0.2, 0.25) is 0 Å². The summed E-state index contributed by atoms with van der Waals surface area (Å²) in [7, 11) is 0. The van der Waals surface area contributed by atoms with Gasteiger partial charge in [0.25, 0.3) is 5.91 Å². The van der Waals surface area contributed by atoms with Crippen molar-refractivity contribution in [3.8, 4) is 0 Å². The Morgan fingerprint density at radius 1 is 1.20 bits per heavy atom. The molecule has 2 heterocycles. The summed E-state index contributed by atoms with van der Waals surface area (Å²) in [5.74, 6) is -1.80. The number of benzene rings is 1. The standard InChI is InChI=1S/C17H18N2O6/c20-14-9-13(15(21)18-14)25-16(22)12-7-4-8-19(12)17(23)24-10-11-5-2-1-3-6-11/h1-3,5-6,12-13H,4,7-10H2,(H,18,20,21)/t12-,13-/m1/s1. The maximum Gasteiger partial charge on any atom is 0.410 e. The SMILES string of the molecule is O=C1C[C@@H](OC(=O)[C@H]2CCCN2C(=O)OCc2ccccc2)C(=O)N1. The molecule has 2 aliphatic rings. The van der Waals surface area contributed by atoms with Crippen LogP contribution in [0.1, 0.15) is 24.8 Å². The fourth-order valence-electron chi connectivity index (χ4n) is 2.88. The zero-order chi connectivity index (χ0) is 17.8. The number of nitrogens with zero attached hydrogens (tertiary/aromatic N) is 1. The number of hydrogen-bond donors (Lipinski definition) is 1. The molecule has 1 N–H and O–H groups in total. The number of ether oxygens (including phenoxy) is 2. The summed E-state index contributed by atoms with van der Waals surface area (Å²) in [6.45, 7) is 0.487. The van der Waals surface area contributed by atoms with Crippen LogP contribution < -0.4 is 5.32 Å². The van der Waals surface area contributed by atoms with Crippen LogP contribution in [-0.2, 0) is 30.5 Å². The van der Waals surface area contributed by atoms with Gasteiger partial charge in [0.1, 0.15) is 12.6 Å². The normalized spacial score (nSPS) is 22.6. The van der Waals surface area contributed by atoms with Crippen LogP contribution in [0.3, 0.4) is 0 Å². The van der Waals surface area contributed by atoms with Crippen molar-refractivity contribution >= 4 is 23.9 Å². The number of hydrogen-bond acceptors (Lipinski definition) is 6. The molecule has 3 rings (SSSR count). The van der Waals surface area contributed by atoms with E-state index in [1.165, 1.54) is 4.90 Å². The zero-order valence-electron chi connectivity index (χ0n) is 13.5. The number of likely N-dealkylation sites (tertiary alicyclic amines) is 1. The highest BCUT2D eigenvalue weighted by Gasteiger charge is 2.40. The molecule has 8 heteroatoms. The second kappa shape index (κ2) is 7.33. The summed E-state index contributed by atoms with van der Waals surface area (Å²) in [4.78, 5) is 48.5. The molecule has 0 aliphatic carbocycles. The molecule has 0 radical (unpaired) electrons. The molecule has 0 saturated carbocycles. The Labute approximate surface area is 144 Å². The fourth-order valence-corrected chi connectivity index (χ4v) is 2.88. The molecule has 25 heavy (non-hydrogen) atoms. The van der Waals surface area contributed by atoms with E-state index in [2.05, 4.69) is 5.32 Å². The van der Waals surface area contributed by atoms with Gasteiger partial charge < -0.3 is 9.47 Å². The lowest BCUT2D eigenvalue weighted by molar-refractivity contribution is -0.158. The largest absolute Gasteiger partial charge is 0.450 e. The number of amides is 3. The Kier molecular flexibility index (Phi) is 4.97. The van der Waals surface area contributed by atoms with Crippen LogP contribution in [0, 0.1) is 0 Å². The van der Waals surface area contributed by atoms with Crippen LogP contribution in [0.5, 0.6) is 0 Å². The maximum absolute atomic E-state index is 12.3. The first-order valence-corrected chi connectivity index (χ1v) is 8.06. The summed E-state index contributed by atoms with van der Waals surface area (Å²) in [5.41, 5.74) is 0.843. The van der Waals surface area contributed by atoms with E-state index in [9.17, 15) is 19.2 Å². The first kappa shape index (κ1) is 16.9. The molecule has 0 spiro atoms. The Morgan fingerprint density at radius 2 is 1.96 bits per heavy atom. The lowest BCUT2D eigenvalue weighted by Crippen LogP contribution is -2.43. The summed E-state index contributed by atoms with van der Waals surface area (Å²) < 4.78 is 10.3. The molecule has 3 amide bonds. The van der Waals surface area contributed by atoms with Gasteiger partial charge in [-0.25, -0.2) is 9.59 Å². The van der Waals surface area contributed by atoms with E-state index in [4.69, 9.17) is 9.47 Å². The highest BCUT2D eigenvalue weighted by atomic mass is 16.6. The van der Waals surface area contributed by atoms with Crippen molar-refractivity contribution in [1.29, 1.82) is 0 Å². The molecule has 2 atom stereocenters. The zero-order valence-corrected chi connectivity index (χ0v) is 13.5. The van der Waals surface area contributed by atoms with Gasteiger partial charge in [-0.2, -0.15) is 0 Å². The van der Waals surface area contributed by atoms with Crippen LogP contribution in [0.25, 0.3) is 0 Å². The topological polar surface area (TPSA) is 102 Å². The number of nitrogens with one attached hydrogen (secondary N) is 1. The van der Waals surface area contributed by atoms with Crippen molar-refractivity contribution in [2.24, 2.45) is 0 Å². The molecule has 0 bridgehead atoms. The highest BCUT2D eigenvalue weighted by molar-refractivity contribution is 6.05. The summed E-state index contributed by atoms with van der Waals surface area (Å²) >= 11 is 0. The summed E-state index contributed by atoms with van der Waals surface area (Å²) in [6, 6.07) is 8.41. The highest BCUT2D eigenvalue weighted by Crippen LogP contribution is 2.21. The summed E-state index contributed by atoms with van der Waals surface area (Å²) in [6.07, 6.45) is -0.842. The van der Waals surface area contributed by atoms with Crippen molar-refractivity contribution in [2.75, 3.05) is 6.54 Å². The predicted molar refractivity (Wildman–Crippen MR) is 84.0 cm³/mol. The smallest absolute Gasteiger partial charge is 0.410 e. The van der Waals surface area contributed by atoms with Crippen molar-refractivity contribution in [1.82, 2.24) is 10.2 Å². The van der Waals surface area contributed by atoms with E-state index < -0.39 is 36.0 Å². The molecule has 0 unspecified atom stereocenters. The minimum Gasteiger partial charge on any atom is -0.450 e. The van der Waals surface area contributed by atoms with E-state index >= 15 is 0 Å². The molecule has 1 aromatic rings. The van der Waals surface area contributed by atoms with Gasteiger partial charge in [-0.3, -0.25) is 19.8 Å². The molecule has 2 saturated heterocycles. The van der Waals surface area contributed by atoms with Crippen molar-refractivity contribution in [3.63, 3.8) is 0 Å². The molecule has 8 nitrogen and oxygen atoms in total. The van der Waals surface area contributed by atoms with E-state index in [0.29, 0.717) is 19.4 Å². The first-order valence-electron chi connectivity index (χ1n) is 8.06. The molecule has 2 aliphatic heterocycles. The third-order valence-electron chi connectivity index (χ3n) is 4.15. The van der Waals surface area contributed by atoms with Gasteiger partial charge in [0.15, 0.2) is 6.10 Å². The van der Waals surface area contributed by atoms with Gasteiger partial charge in [-0.1, -0.05) is 30.3 Å². The lowest BCUT2D eigenvalue weighted by Gasteiger charge is -2.23. The van der Waals surface area contributed by atoms with Gasteiger partial charge in [0.2, 0.25) is 5.91 Å².